The van der Waals surface area contributed by atoms with Crippen LogP contribution in [0.5, 0.6) is 0 Å². The van der Waals surface area contributed by atoms with Gasteiger partial charge in [0.15, 0.2) is 12.0 Å². The highest BCUT2D eigenvalue weighted by Gasteiger charge is 2.47. The molecule has 1 fully saturated rings. The van der Waals surface area contributed by atoms with Crippen LogP contribution in [-0.2, 0) is 0 Å². The third-order valence-electron chi connectivity index (χ3n) is 4.59. The molecule has 1 aromatic rings. The molecule has 1 heterocycles. The predicted molar refractivity (Wildman–Crippen MR) is 69.3 cm³/mol. The maximum atomic E-state index is 12.3. The van der Waals surface area contributed by atoms with Gasteiger partial charge >= 0.3 is 0 Å². The minimum absolute atomic E-state index is 0.128. The first-order chi connectivity index (χ1) is 9.24. The highest BCUT2D eigenvalue weighted by Crippen LogP contribution is 2.43. The number of allylic oxidation sites excluding steroid dienone is 2. The second-order valence-electron chi connectivity index (χ2n) is 5.69. The molecule has 1 aliphatic heterocycles. The fraction of sp³-hybridized carbons (Fsp3) is 0.375. The minimum Gasteiger partial charge on any atom is -0.274 e. The molecule has 0 saturated heterocycles. The molecule has 1 saturated carbocycles. The molecule has 0 radical (unpaired) electrons. The van der Waals surface area contributed by atoms with Crippen LogP contribution in [0.2, 0.25) is 0 Å². The topological polar surface area (TPSA) is 37.4 Å². The van der Waals surface area contributed by atoms with Crippen LogP contribution in [0.15, 0.2) is 30.3 Å². The fourth-order valence-corrected chi connectivity index (χ4v) is 3.61. The van der Waals surface area contributed by atoms with Crippen molar-refractivity contribution in [2.24, 2.45) is 17.8 Å². The second kappa shape index (κ2) is 3.75. The number of carbonyl (C=O) groups is 2. The first-order valence-electron chi connectivity index (χ1n) is 6.78. The lowest BCUT2D eigenvalue weighted by molar-refractivity contribution is 0.0621. The van der Waals surface area contributed by atoms with Crippen LogP contribution in [-0.4, -0.2) is 23.3 Å². The van der Waals surface area contributed by atoms with Crippen LogP contribution in [0, 0.1) is 23.8 Å². The molecule has 3 aliphatic rings. The Balaban J connectivity index is 1.59. The monoisotopic (exact) mass is 252 g/mol. The van der Waals surface area contributed by atoms with E-state index in [0.29, 0.717) is 35.4 Å². The highest BCUT2D eigenvalue weighted by molar-refractivity contribution is 6.21. The zero-order valence-corrected chi connectivity index (χ0v) is 10.5. The third kappa shape index (κ3) is 1.48. The molecule has 4 rings (SSSR count). The van der Waals surface area contributed by atoms with Gasteiger partial charge in [0.25, 0.3) is 11.8 Å². The summed E-state index contributed by atoms with van der Waals surface area (Å²) in [6.07, 6.45) is 7.68. The number of carbonyl (C=O) groups excluding carboxylic acids is 2. The zero-order valence-electron chi connectivity index (χ0n) is 10.5. The Morgan fingerprint density at radius 2 is 1.79 bits per heavy atom. The molecule has 0 spiro atoms. The van der Waals surface area contributed by atoms with Gasteiger partial charge in [0.1, 0.15) is 0 Å². The van der Waals surface area contributed by atoms with E-state index in [1.165, 1.54) is 4.90 Å². The van der Waals surface area contributed by atoms with Crippen LogP contribution < -0.4 is 0 Å². The van der Waals surface area contributed by atoms with E-state index < -0.39 is 0 Å². The van der Waals surface area contributed by atoms with Crippen LogP contribution in [0.1, 0.15) is 33.6 Å². The van der Waals surface area contributed by atoms with E-state index in [2.05, 4.69) is 12.2 Å². The van der Waals surface area contributed by atoms with E-state index >= 15 is 0 Å². The van der Waals surface area contributed by atoms with Crippen LogP contribution in [0.25, 0.3) is 0 Å². The van der Waals surface area contributed by atoms with Gasteiger partial charge in [-0.3, -0.25) is 14.5 Å². The predicted octanol–water partition coefficient (Wildman–Crippen LogP) is 2.30. The Labute approximate surface area is 111 Å². The molecule has 2 amide bonds. The van der Waals surface area contributed by atoms with Crippen molar-refractivity contribution in [3.05, 3.63) is 47.5 Å². The molecular formula is C16H14NO2+. The lowest BCUT2D eigenvalue weighted by atomic mass is 9.93. The van der Waals surface area contributed by atoms with Gasteiger partial charge in [0.05, 0.1) is 11.1 Å². The summed E-state index contributed by atoms with van der Waals surface area (Å²) in [4.78, 5) is 26.0. The number of hydrogen-bond acceptors (Lipinski definition) is 2. The van der Waals surface area contributed by atoms with E-state index in [0.717, 1.165) is 12.8 Å². The molecule has 3 unspecified atom stereocenters. The first-order valence-corrected chi connectivity index (χ1v) is 6.78. The maximum Gasteiger partial charge on any atom is 0.261 e. The average Bonchev–Trinajstić information content (AvgIpc) is 3.10. The van der Waals surface area contributed by atoms with Gasteiger partial charge in [-0.15, -0.1) is 0 Å². The van der Waals surface area contributed by atoms with Gasteiger partial charge in [0, 0.05) is 25.3 Å². The molecule has 3 atom stereocenters. The Bertz CT molecular complexity index is 570. The van der Waals surface area contributed by atoms with Crippen molar-refractivity contribution in [1.29, 1.82) is 0 Å². The molecule has 2 bridgehead atoms. The molecular weight excluding hydrogens is 238 g/mol. The van der Waals surface area contributed by atoms with E-state index in [9.17, 15) is 9.59 Å². The highest BCUT2D eigenvalue weighted by atomic mass is 16.2. The lowest BCUT2D eigenvalue weighted by Crippen LogP contribution is -2.35. The lowest BCUT2D eigenvalue weighted by Gasteiger charge is -2.20. The summed E-state index contributed by atoms with van der Waals surface area (Å²) in [5, 5.41) is 0. The Kier molecular flexibility index (Phi) is 2.15. The molecule has 1 aromatic carbocycles. The largest absolute Gasteiger partial charge is 0.274 e. The standard InChI is InChI=1S/C16H14NO2/c18-15-13-3-1-2-4-14(13)16(19)17(15)9-12-8-10-5-6-11(12)7-10/h1-4,6,10-12H,7-9H2/q+1. The Morgan fingerprint density at radius 3 is 2.32 bits per heavy atom. The van der Waals surface area contributed by atoms with Gasteiger partial charge in [-0.2, -0.15) is 0 Å². The Hall–Kier alpha value is -1.99. The minimum atomic E-state index is -0.128. The van der Waals surface area contributed by atoms with Gasteiger partial charge < -0.3 is 0 Å². The molecule has 3 heteroatoms. The van der Waals surface area contributed by atoms with Crippen LogP contribution >= 0.6 is 0 Å². The van der Waals surface area contributed by atoms with Gasteiger partial charge in [0.2, 0.25) is 6.08 Å². The van der Waals surface area contributed by atoms with E-state index in [-0.39, 0.29) is 11.8 Å². The number of rotatable bonds is 2. The summed E-state index contributed by atoms with van der Waals surface area (Å²) in [5.74, 6) is 1.22. The summed E-state index contributed by atoms with van der Waals surface area (Å²) in [7, 11) is 0. The van der Waals surface area contributed by atoms with E-state index in [1.54, 1.807) is 12.1 Å². The number of fused-ring (bicyclic) bond motifs is 3. The summed E-state index contributed by atoms with van der Waals surface area (Å²) < 4.78 is 0. The number of imide groups is 1. The van der Waals surface area contributed by atoms with Gasteiger partial charge in [-0.05, 0) is 18.1 Å². The summed E-state index contributed by atoms with van der Waals surface area (Å²) in [6.45, 7) is 0.561. The van der Waals surface area contributed by atoms with E-state index in [4.69, 9.17) is 0 Å². The summed E-state index contributed by atoms with van der Waals surface area (Å²) in [5.41, 5.74) is 1.11. The van der Waals surface area contributed by atoms with E-state index in [1.807, 2.05) is 12.1 Å². The molecule has 94 valence electrons. The molecule has 2 aliphatic carbocycles. The quantitative estimate of drug-likeness (QED) is 0.598. The van der Waals surface area contributed by atoms with Crippen molar-refractivity contribution in [2.75, 3.05) is 6.54 Å². The molecule has 19 heavy (non-hydrogen) atoms. The maximum absolute atomic E-state index is 12.3. The SMILES string of the molecule is O=C1c2ccccc2C(=O)N1CC1CC2[C+]=CC1C2. The third-order valence-corrected chi connectivity index (χ3v) is 4.59. The van der Waals surface area contributed by atoms with Crippen molar-refractivity contribution >= 4 is 11.8 Å². The zero-order chi connectivity index (χ0) is 13.0. The van der Waals surface area contributed by atoms with Crippen LogP contribution in [0.3, 0.4) is 0 Å². The normalized spacial score (nSPS) is 30.9. The molecule has 3 nitrogen and oxygen atoms in total. The van der Waals surface area contributed by atoms with Crippen molar-refractivity contribution < 1.29 is 9.59 Å². The van der Waals surface area contributed by atoms with Crippen molar-refractivity contribution in [3.8, 4) is 0 Å². The van der Waals surface area contributed by atoms with Crippen molar-refractivity contribution in [2.45, 2.75) is 12.8 Å². The first kappa shape index (κ1) is 10.9. The number of hydrogen-bond donors (Lipinski definition) is 0. The fourth-order valence-electron chi connectivity index (χ4n) is 3.61. The number of nitrogens with zero attached hydrogens (tertiary/aromatic N) is 1. The summed E-state index contributed by atoms with van der Waals surface area (Å²) >= 11 is 0. The second-order valence-corrected chi connectivity index (χ2v) is 5.69. The van der Waals surface area contributed by atoms with Gasteiger partial charge in [-0.1, -0.05) is 12.1 Å². The van der Waals surface area contributed by atoms with Crippen molar-refractivity contribution in [1.82, 2.24) is 4.90 Å². The number of benzene rings is 1. The van der Waals surface area contributed by atoms with Crippen molar-refractivity contribution in [3.63, 3.8) is 0 Å². The van der Waals surface area contributed by atoms with Crippen LogP contribution in [0.4, 0.5) is 0 Å². The summed E-state index contributed by atoms with van der Waals surface area (Å²) in [6, 6.07) is 7.10. The Morgan fingerprint density at radius 1 is 1.11 bits per heavy atom. The van der Waals surface area contributed by atoms with Gasteiger partial charge in [-0.25, -0.2) is 0 Å². The molecule has 0 N–H and O–H groups in total. The smallest absolute Gasteiger partial charge is 0.261 e. The molecule has 0 aromatic heterocycles. The average molecular weight is 252 g/mol. The number of amides is 2.